The summed E-state index contributed by atoms with van der Waals surface area (Å²) in [5.74, 6) is 0.540. The SMILES string of the molecule is Cn1ncc(-c2ccc3c(=O)[nH]nc(CN)c3c2)c1N1Cc2ccc(Cl)cc2C1=O. The fourth-order valence-corrected chi connectivity index (χ4v) is 4.11. The summed E-state index contributed by atoms with van der Waals surface area (Å²) in [6.07, 6.45) is 1.71. The topological polar surface area (TPSA) is 110 Å². The van der Waals surface area contributed by atoms with E-state index in [0.717, 1.165) is 16.7 Å². The number of carbonyl (C=O) groups is 1. The second-order valence-electron chi connectivity index (χ2n) is 7.16. The van der Waals surface area contributed by atoms with Crippen molar-refractivity contribution in [2.45, 2.75) is 13.1 Å². The van der Waals surface area contributed by atoms with E-state index in [4.69, 9.17) is 17.3 Å². The molecular formula is C21H17ClN6O2. The summed E-state index contributed by atoms with van der Waals surface area (Å²) in [6.45, 7) is 0.623. The Morgan fingerprint density at radius 3 is 2.77 bits per heavy atom. The number of nitrogens with two attached hydrogens (primary N) is 1. The summed E-state index contributed by atoms with van der Waals surface area (Å²) in [5, 5.41) is 12.6. The van der Waals surface area contributed by atoms with Crippen LogP contribution in [0.2, 0.25) is 5.02 Å². The smallest absolute Gasteiger partial charge is 0.272 e. The maximum Gasteiger partial charge on any atom is 0.272 e. The first-order chi connectivity index (χ1) is 14.5. The minimum Gasteiger partial charge on any atom is -0.325 e. The highest BCUT2D eigenvalue weighted by Gasteiger charge is 2.32. The third kappa shape index (κ3) is 2.72. The lowest BCUT2D eigenvalue weighted by Crippen LogP contribution is -2.26. The van der Waals surface area contributed by atoms with E-state index in [1.807, 2.05) is 18.2 Å². The Kier molecular flexibility index (Phi) is 4.19. The van der Waals surface area contributed by atoms with Gasteiger partial charge in [-0.2, -0.15) is 10.2 Å². The highest BCUT2D eigenvalue weighted by atomic mass is 35.5. The zero-order valence-electron chi connectivity index (χ0n) is 16.0. The number of aromatic nitrogens is 4. The first kappa shape index (κ1) is 18.5. The lowest BCUT2D eigenvalue weighted by Gasteiger charge is -2.18. The van der Waals surface area contributed by atoms with Gasteiger partial charge in [-0.3, -0.25) is 19.2 Å². The number of amides is 1. The van der Waals surface area contributed by atoms with E-state index in [1.165, 1.54) is 0 Å². The number of nitrogens with one attached hydrogen (secondary N) is 1. The summed E-state index contributed by atoms with van der Waals surface area (Å²) in [5.41, 5.74) is 9.21. The van der Waals surface area contributed by atoms with Crippen molar-refractivity contribution < 1.29 is 4.79 Å². The summed E-state index contributed by atoms with van der Waals surface area (Å²) in [6, 6.07) is 10.8. The van der Waals surface area contributed by atoms with E-state index < -0.39 is 0 Å². The summed E-state index contributed by atoms with van der Waals surface area (Å²) < 4.78 is 1.67. The molecule has 0 radical (unpaired) electrons. The van der Waals surface area contributed by atoms with E-state index >= 15 is 0 Å². The maximum atomic E-state index is 13.1. The van der Waals surface area contributed by atoms with Gasteiger partial charge in [0.15, 0.2) is 0 Å². The molecule has 5 rings (SSSR count). The monoisotopic (exact) mass is 420 g/mol. The fraction of sp³-hybridized carbons (Fsp3) is 0.143. The molecule has 0 saturated carbocycles. The minimum atomic E-state index is -0.276. The van der Waals surface area contributed by atoms with Gasteiger partial charge in [-0.15, -0.1) is 0 Å². The van der Waals surface area contributed by atoms with Crippen LogP contribution in [0.4, 0.5) is 5.82 Å². The molecule has 2 aromatic carbocycles. The Hall–Kier alpha value is -3.49. The predicted octanol–water partition coefficient (Wildman–Crippen LogP) is 2.60. The third-order valence-electron chi connectivity index (χ3n) is 5.41. The van der Waals surface area contributed by atoms with Crippen molar-refractivity contribution in [3.05, 3.63) is 74.8 Å². The van der Waals surface area contributed by atoms with Gasteiger partial charge in [0, 0.05) is 35.1 Å². The molecule has 0 aliphatic carbocycles. The van der Waals surface area contributed by atoms with E-state index in [2.05, 4.69) is 15.3 Å². The normalized spacial score (nSPS) is 13.3. The van der Waals surface area contributed by atoms with Crippen LogP contribution in [0.15, 0.2) is 47.4 Å². The van der Waals surface area contributed by atoms with Crippen LogP contribution in [0.1, 0.15) is 21.6 Å². The number of rotatable bonds is 3. The predicted molar refractivity (Wildman–Crippen MR) is 114 cm³/mol. The Labute approximate surface area is 175 Å². The van der Waals surface area contributed by atoms with Gasteiger partial charge in [0.2, 0.25) is 0 Å². The third-order valence-corrected chi connectivity index (χ3v) is 5.65. The van der Waals surface area contributed by atoms with Gasteiger partial charge in [0.1, 0.15) is 5.82 Å². The first-order valence-corrected chi connectivity index (χ1v) is 9.69. The molecule has 150 valence electrons. The van der Waals surface area contributed by atoms with Crippen LogP contribution >= 0.6 is 11.6 Å². The first-order valence-electron chi connectivity index (χ1n) is 9.32. The quantitative estimate of drug-likeness (QED) is 0.529. The molecule has 8 nitrogen and oxygen atoms in total. The van der Waals surface area contributed by atoms with Gasteiger partial charge in [-0.05, 0) is 35.4 Å². The van der Waals surface area contributed by atoms with Crippen molar-refractivity contribution in [1.29, 1.82) is 0 Å². The van der Waals surface area contributed by atoms with Crippen LogP contribution in [-0.4, -0.2) is 25.9 Å². The molecule has 0 atom stereocenters. The maximum absolute atomic E-state index is 13.1. The molecule has 1 aliphatic rings. The molecule has 0 unspecified atom stereocenters. The van der Waals surface area contributed by atoms with Crippen molar-refractivity contribution in [1.82, 2.24) is 20.0 Å². The molecule has 1 aliphatic heterocycles. The van der Waals surface area contributed by atoms with Crippen LogP contribution in [-0.2, 0) is 20.1 Å². The highest BCUT2D eigenvalue weighted by molar-refractivity contribution is 6.31. The van der Waals surface area contributed by atoms with Crippen molar-refractivity contribution in [2.75, 3.05) is 4.90 Å². The van der Waals surface area contributed by atoms with Crippen LogP contribution in [0.25, 0.3) is 21.9 Å². The average molecular weight is 421 g/mol. The summed E-state index contributed by atoms with van der Waals surface area (Å²) >= 11 is 6.08. The molecule has 0 fully saturated rings. The molecule has 4 aromatic rings. The molecule has 0 bridgehead atoms. The molecule has 2 aromatic heterocycles. The van der Waals surface area contributed by atoms with Crippen LogP contribution in [0.5, 0.6) is 0 Å². The Bertz CT molecular complexity index is 1390. The van der Waals surface area contributed by atoms with E-state index in [-0.39, 0.29) is 18.0 Å². The highest BCUT2D eigenvalue weighted by Crippen LogP contribution is 2.37. The standard InChI is InChI=1S/C21H17ClN6O2/c1-27-20(28-10-12-2-4-13(22)7-15(12)21(28)30)17(9-24-27)11-3-5-14-16(6-11)18(8-23)25-26-19(14)29/h2-7,9H,8,10,23H2,1H3,(H,26,29). The van der Waals surface area contributed by atoms with E-state index in [0.29, 0.717) is 39.4 Å². The second-order valence-corrected chi connectivity index (χ2v) is 7.60. The Balaban J connectivity index is 1.65. The lowest BCUT2D eigenvalue weighted by molar-refractivity contribution is 0.0995. The molecule has 3 heterocycles. The number of hydrogen-bond donors (Lipinski definition) is 2. The number of nitrogens with zero attached hydrogens (tertiary/aromatic N) is 4. The molecule has 0 spiro atoms. The number of aromatic amines is 1. The van der Waals surface area contributed by atoms with Crippen molar-refractivity contribution in [3.63, 3.8) is 0 Å². The van der Waals surface area contributed by atoms with E-state index in [1.54, 1.807) is 41.0 Å². The van der Waals surface area contributed by atoms with Gasteiger partial charge in [0.05, 0.1) is 23.8 Å². The summed E-state index contributed by atoms with van der Waals surface area (Å²) in [7, 11) is 1.79. The largest absolute Gasteiger partial charge is 0.325 e. The van der Waals surface area contributed by atoms with Crippen LogP contribution in [0, 0.1) is 0 Å². The van der Waals surface area contributed by atoms with Crippen molar-refractivity contribution >= 4 is 34.1 Å². The molecule has 3 N–H and O–H groups in total. The molecule has 9 heteroatoms. The van der Waals surface area contributed by atoms with Gasteiger partial charge in [-0.1, -0.05) is 23.7 Å². The zero-order valence-corrected chi connectivity index (χ0v) is 16.8. The zero-order chi connectivity index (χ0) is 21.0. The molecular weight excluding hydrogens is 404 g/mol. The minimum absolute atomic E-state index is 0.126. The molecule has 1 amide bonds. The number of carbonyl (C=O) groups excluding carboxylic acids is 1. The number of fused-ring (bicyclic) bond motifs is 2. The van der Waals surface area contributed by atoms with E-state index in [9.17, 15) is 9.59 Å². The fourth-order valence-electron chi connectivity index (χ4n) is 3.94. The number of halogens is 1. The Morgan fingerprint density at radius 1 is 1.13 bits per heavy atom. The average Bonchev–Trinajstić information content (AvgIpc) is 3.28. The Morgan fingerprint density at radius 2 is 1.97 bits per heavy atom. The number of benzene rings is 2. The van der Waals surface area contributed by atoms with Crippen LogP contribution < -0.4 is 16.2 Å². The molecule has 0 saturated heterocycles. The number of hydrogen-bond acceptors (Lipinski definition) is 5. The van der Waals surface area contributed by atoms with Crippen LogP contribution in [0.3, 0.4) is 0 Å². The van der Waals surface area contributed by atoms with Gasteiger partial charge in [-0.25, -0.2) is 5.10 Å². The number of anilines is 1. The number of aryl methyl sites for hydroxylation is 1. The van der Waals surface area contributed by atoms with Crippen molar-refractivity contribution in [3.8, 4) is 11.1 Å². The van der Waals surface area contributed by atoms with Gasteiger partial charge >= 0.3 is 0 Å². The van der Waals surface area contributed by atoms with Gasteiger partial charge < -0.3 is 5.73 Å². The van der Waals surface area contributed by atoms with Gasteiger partial charge in [0.25, 0.3) is 11.5 Å². The number of H-pyrrole nitrogens is 1. The summed E-state index contributed by atoms with van der Waals surface area (Å²) in [4.78, 5) is 26.9. The lowest BCUT2D eigenvalue weighted by atomic mass is 10.0. The van der Waals surface area contributed by atoms with Crippen molar-refractivity contribution in [2.24, 2.45) is 12.8 Å². The second kappa shape index (κ2) is 6.79. The molecule has 30 heavy (non-hydrogen) atoms.